The number of oxazole rings is 1. The first-order valence-electron chi connectivity index (χ1n) is 9.34. The van der Waals surface area contributed by atoms with Crippen LogP contribution in [0, 0.1) is 11.7 Å². The van der Waals surface area contributed by atoms with E-state index in [1.165, 1.54) is 22.6 Å². The maximum atomic E-state index is 13.0. The molecule has 0 spiro atoms. The van der Waals surface area contributed by atoms with Crippen molar-refractivity contribution < 1.29 is 26.8 Å². The van der Waals surface area contributed by atoms with E-state index in [-0.39, 0.29) is 29.1 Å². The first kappa shape index (κ1) is 20.7. The smallest absolute Gasteiger partial charge is 0.310 e. The van der Waals surface area contributed by atoms with Crippen LogP contribution in [0.15, 0.2) is 56.6 Å². The molecule has 3 heterocycles. The van der Waals surface area contributed by atoms with E-state index in [1.807, 2.05) is 0 Å². The third kappa shape index (κ3) is 4.45. The highest BCUT2D eigenvalue weighted by Crippen LogP contribution is 2.27. The van der Waals surface area contributed by atoms with Gasteiger partial charge in [-0.05, 0) is 48.6 Å². The molecular weight excluding hydrogens is 431 g/mol. The standard InChI is InChI=1S/C20H19FN2O5S2/c21-16-7-5-14(6-8-16)17-11-22-18(28-17)13-27-20(24)15-3-1-9-23(12-15)30(25,26)19-4-2-10-29-19/h2,4-8,10-11,15H,1,3,9,12-13H2/t15-/m0/s1. The number of rotatable bonds is 6. The molecule has 1 fully saturated rings. The zero-order chi connectivity index (χ0) is 21.1. The van der Waals surface area contributed by atoms with E-state index in [0.717, 1.165) is 11.3 Å². The van der Waals surface area contributed by atoms with E-state index in [9.17, 15) is 17.6 Å². The maximum Gasteiger partial charge on any atom is 0.310 e. The molecular formula is C20H19FN2O5S2. The summed E-state index contributed by atoms with van der Waals surface area (Å²) >= 11 is 1.15. The van der Waals surface area contributed by atoms with Gasteiger partial charge >= 0.3 is 5.97 Å². The average molecular weight is 451 g/mol. The van der Waals surface area contributed by atoms with E-state index >= 15 is 0 Å². The van der Waals surface area contributed by atoms with Gasteiger partial charge in [-0.2, -0.15) is 4.31 Å². The van der Waals surface area contributed by atoms with Crippen LogP contribution >= 0.6 is 11.3 Å². The van der Waals surface area contributed by atoms with Gasteiger partial charge in [-0.3, -0.25) is 4.79 Å². The Hall–Kier alpha value is -2.56. The summed E-state index contributed by atoms with van der Waals surface area (Å²) in [4.78, 5) is 16.6. The fourth-order valence-electron chi connectivity index (χ4n) is 3.27. The minimum Gasteiger partial charge on any atom is -0.455 e. The van der Waals surface area contributed by atoms with Crippen molar-refractivity contribution in [3.05, 3.63) is 59.7 Å². The largest absolute Gasteiger partial charge is 0.455 e. The molecule has 1 saturated heterocycles. The lowest BCUT2D eigenvalue weighted by molar-refractivity contribution is -0.151. The lowest BCUT2D eigenvalue weighted by Gasteiger charge is -2.30. The second-order valence-electron chi connectivity index (χ2n) is 6.87. The number of hydrogen-bond donors (Lipinski definition) is 0. The Balaban J connectivity index is 1.36. The van der Waals surface area contributed by atoms with Gasteiger partial charge in [0.25, 0.3) is 10.0 Å². The van der Waals surface area contributed by atoms with Gasteiger partial charge in [-0.15, -0.1) is 11.3 Å². The summed E-state index contributed by atoms with van der Waals surface area (Å²) in [5.74, 6) is -0.730. The van der Waals surface area contributed by atoms with Crippen molar-refractivity contribution in [2.24, 2.45) is 5.92 Å². The van der Waals surface area contributed by atoms with Crippen LogP contribution in [0.2, 0.25) is 0 Å². The quantitative estimate of drug-likeness (QED) is 0.532. The normalized spacial score (nSPS) is 17.7. The van der Waals surface area contributed by atoms with Crippen molar-refractivity contribution in [2.75, 3.05) is 13.1 Å². The van der Waals surface area contributed by atoms with Crippen molar-refractivity contribution in [3.8, 4) is 11.3 Å². The summed E-state index contributed by atoms with van der Waals surface area (Å²) in [5.41, 5.74) is 0.656. The molecule has 0 bridgehead atoms. The van der Waals surface area contributed by atoms with Crippen molar-refractivity contribution in [3.63, 3.8) is 0 Å². The predicted molar refractivity (Wildman–Crippen MR) is 107 cm³/mol. The fourth-order valence-corrected chi connectivity index (χ4v) is 5.93. The lowest BCUT2D eigenvalue weighted by Crippen LogP contribution is -2.42. The number of aromatic nitrogens is 1. The van der Waals surface area contributed by atoms with Crippen molar-refractivity contribution in [1.82, 2.24) is 9.29 Å². The highest BCUT2D eigenvalue weighted by Gasteiger charge is 2.34. The monoisotopic (exact) mass is 450 g/mol. The number of benzene rings is 1. The number of esters is 1. The van der Waals surface area contributed by atoms with Gasteiger partial charge in [0.15, 0.2) is 12.4 Å². The molecule has 0 radical (unpaired) electrons. The molecule has 10 heteroatoms. The number of piperidine rings is 1. The van der Waals surface area contributed by atoms with Crippen LogP contribution in [0.5, 0.6) is 0 Å². The molecule has 0 amide bonds. The highest BCUT2D eigenvalue weighted by molar-refractivity contribution is 7.91. The van der Waals surface area contributed by atoms with E-state index in [2.05, 4.69) is 4.98 Å². The van der Waals surface area contributed by atoms with E-state index in [0.29, 0.717) is 30.7 Å². The van der Waals surface area contributed by atoms with Crippen LogP contribution in [0.1, 0.15) is 18.7 Å². The average Bonchev–Trinajstić information content (AvgIpc) is 3.45. The Morgan fingerprint density at radius 3 is 2.83 bits per heavy atom. The third-order valence-corrected chi connectivity index (χ3v) is 8.07. The van der Waals surface area contributed by atoms with Crippen LogP contribution in [0.25, 0.3) is 11.3 Å². The molecule has 3 aromatic rings. The summed E-state index contributed by atoms with van der Waals surface area (Å²) in [6, 6.07) is 9.01. The zero-order valence-corrected chi connectivity index (χ0v) is 17.5. The Morgan fingerprint density at radius 2 is 2.10 bits per heavy atom. The number of halogens is 1. The molecule has 7 nitrogen and oxygen atoms in total. The summed E-state index contributed by atoms with van der Waals surface area (Å²) in [5, 5.41) is 1.71. The third-order valence-electron chi connectivity index (χ3n) is 4.83. The van der Waals surface area contributed by atoms with Gasteiger partial charge in [0.2, 0.25) is 5.89 Å². The van der Waals surface area contributed by atoms with Gasteiger partial charge in [-0.25, -0.2) is 17.8 Å². The number of carbonyl (C=O) groups is 1. The number of hydrogen-bond acceptors (Lipinski definition) is 7. The van der Waals surface area contributed by atoms with E-state index < -0.39 is 21.9 Å². The predicted octanol–water partition coefficient (Wildman–Crippen LogP) is 3.69. The SMILES string of the molecule is O=C(OCc1ncc(-c2ccc(F)cc2)o1)[C@H]1CCCN(S(=O)(=O)c2cccs2)C1. The lowest BCUT2D eigenvalue weighted by atomic mass is 10.0. The van der Waals surface area contributed by atoms with Gasteiger partial charge in [0.1, 0.15) is 10.0 Å². The first-order valence-corrected chi connectivity index (χ1v) is 11.7. The number of thiophene rings is 1. The molecule has 1 aliphatic rings. The second-order valence-corrected chi connectivity index (χ2v) is 9.98. The number of sulfonamides is 1. The summed E-state index contributed by atoms with van der Waals surface area (Å²) in [7, 11) is -3.60. The maximum absolute atomic E-state index is 13.0. The van der Waals surface area contributed by atoms with Crippen LogP contribution in [-0.4, -0.2) is 36.8 Å². The molecule has 1 aliphatic heterocycles. The Bertz CT molecular complexity index is 1110. The van der Waals surface area contributed by atoms with Crippen LogP contribution in [0.3, 0.4) is 0 Å². The Kier molecular flexibility index (Phi) is 5.98. The highest BCUT2D eigenvalue weighted by atomic mass is 32.2. The zero-order valence-electron chi connectivity index (χ0n) is 15.9. The minimum absolute atomic E-state index is 0.0888. The molecule has 2 aromatic heterocycles. The van der Waals surface area contributed by atoms with E-state index in [1.54, 1.807) is 29.6 Å². The summed E-state index contributed by atoms with van der Waals surface area (Å²) < 4.78 is 50.9. The molecule has 1 atom stereocenters. The van der Waals surface area contributed by atoms with Crippen molar-refractivity contribution in [2.45, 2.75) is 23.7 Å². The van der Waals surface area contributed by atoms with Crippen molar-refractivity contribution in [1.29, 1.82) is 0 Å². The van der Waals surface area contributed by atoms with Crippen molar-refractivity contribution >= 4 is 27.3 Å². The van der Waals surface area contributed by atoms with Gasteiger partial charge in [0, 0.05) is 18.7 Å². The summed E-state index contributed by atoms with van der Waals surface area (Å²) in [6.45, 7) is 0.310. The molecule has 0 saturated carbocycles. The molecule has 0 unspecified atom stereocenters. The summed E-state index contributed by atoms with van der Waals surface area (Å²) in [6.07, 6.45) is 2.62. The number of ether oxygens (including phenoxy) is 1. The molecule has 1 aromatic carbocycles. The van der Waals surface area contributed by atoms with Gasteiger partial charge in [-0.1, -0.05) is 6.07 Å². The molecule has 30 heavy (non-hydrogen) atoms. The van der Waals surface area contributed by atoms with Gasteiger partial charge < -0.3 is 9.15 Å². The minimum atomic E-state index is -3.60. The first-order chi connectivity index (χ1) is 14.4. The number of nitrogens with zero attached hydrogens (tertiary/aromatic N) is 2. The topological polar surface area (TPSA) is 89.7 Å². The van der Waals surface area contributed by atoms with Crippen LogP contribution in [0.4, 0.5) is 4.39 Å². The fraction of sp³-hybridized carbons (Fsp3) is 0.300. The Morgan fingerprint density at radius 1 is 1.30 bits per heavy atom. The van der Waals surface area contributed by atoms with Crippen LogP contribution in [-0.2, 0) is 26.2 Å². The van der Waals surface area contributed by atoms with E-state index in [4.69, 9.17) is 9.15 Å². The second kappa shape index (κ2) is 8.66. The van der Waals surface area contributed by atoms with Crippen LogP contribution < -0.4 is 0 Å². The molecule has 4 rings (SSSR count). The molecule has 0 aliphatic carbocycles. The Labute approximate surface area is 177 Å². The van der Waals surface area contributed by atoms with Gasteiger partial charge in [0.05, 0.1) is 12.1 Å². The number of carbonyl (C=O) groups excluding carboxylic acids is 1. The molecule has 158 valence electrons. The molecule has 0 N–H and O–H groups in total.